The van der Waals surface area contributed by atoms with Crippen LogP contribution in [0.2, 0.25) is 0 Å². The zero-order valence-electron chi connectivity index (χ0n) is 18.1. The molecule has 190 valence electrons. The highest BCUT2D eigenvalue weighted by Gasteiger charge is 2.51. The van der Waals surface area contributed by atoms with Crippen LogP contribution < -0.4 is 4.74 Å². The predicted molar refractivity (Wildman–Crippen MR) is 107 cm³/mol. The van der Waals surface area contributed by atoms with Crippen molar-refractivity contribution in [2.45, 2.75) is 36.9 Å². The number of halogens is 7. The van der Waals surface area contributed by atoms with E-state index in [1.165, 1.54) is 23.1 Å². The fourth-order valence-corrected chi connectivity index (χ4v) is 4.29. The lowest BCUT2D eigenvalue weighted by Gasteiger charge is -2.42. The van der Waals surface area contributed by atoms with E-state index in [-0.39, 0.29) is 31.9 Å². The summed E-state index contributed by atoms with van der Waals surface area (Å²) in [5.41, 5.74) is -2.12. The maximum Gasteiger partial charge on any atom is 0.419 e. The van der Waals surface area contributed by atoms with Gasteiger partial charge in [0.05, 0.1) is 25.1 Å². The molecule has 0 radical (unpaired) electrons. The maximum atomic E-state index is 13.8. The number of nitrogens with zero attached hydrogens (tertiary/aromatic N) is 1. The van der Waals surface area contributed by atoms with Crippen molar-refractivity contribution in [2.75, 3.05) is 26.5 Å². The summed E-state index contributed by atoms with van der Waals surface area (Å²) in [5, 5.41) is 0. The third-order valence-corrected chi connectivity index (χ3v) is 6.02. The van der Waals surface area contributed by atoms with Crippen LogP contribution in [-0.4, -0.2) is 49.6 Å². The number of rotatable bonds is 5. The van der Waals surface area contributed by atoms with Gasteiger partial charge in [-0.1, -0.05) is 12.1 Å². The number of hydrogen-bond donors (Lipinski definition) is 0. The van der Waals surface area contributed by atoms with Crippen LogP contribution in [0.3, 0.4) is 0 Å². The smallest absolute Gasteiger partial charge is 0.419 e. The molecule has 0 spiro atoms. The van der Waals surface area contributed by atoms with E-state index in [0.29, 0.717) is 11.6 Å². The van der Waals surface area contributed by atoms with E-state index in [4.69, 9.17) is 14.2 Å². The minimum Gasteiger partial charge on any atom is -0.493 e. The number of alkyl halides is 6. The summed E-state index contributed by atoms with van der Waals surface area (Å²) in [6, 6.07) is 8.25. The zero-order chi connectivity index (χ0) is 25.4. The lowest BCUT2D eigenvalue weighted by Crippen LogP contribution is -2.53. The molecule has 1 amide bonds. The molecule has 2 heterocycles. The molecule has 12 heteroatoms. The first-order valence-corrected chi connectivity index (χ1v) is 10.6. The molecular weight excluding hydrogens is 487 g/mol. The minimum absolute atomic E-state index is 0.0134. The first-order chi connectivity index (χ1) is 16.4. The first kappa shape index (κ1) is 25.2. The van der Waals surface area contributed by atoms with Crippen molar-refractivity contribution >= 4 is 5.91 Å². The number of fused-ring (bicyclic) bond motifs is 1. The van der Waals surface area contributed by atoms with Gasteiger partial charge in [0.15, 0.2) is 0 Å². The molecule has 2 atom stereocenters. The van der Waals surface area contributed by atoms with E-state index in [2.05, 4.69) is 0 Å². The van der Waals surface area contributed by atoms with Gasteiger partial charge >= 0.3 is 12.4 Å². The quantitative estimate of drug-likeness (QED) is 0.517. The van der Waals surface area contributed by atoms with Crippen LogP contribution in [0.15, 0.2) is 42.5 Å². The Balaban J connectivity index is 1.53. The molecule has 2 saturated heterocycles. The summed E-state index contributed by atoms with van der Waals surface area (Å²) < 4.78 is 108. The van der Waals surface area contributed by atoms with E-state index in [9.17, 15) is 35.5 Å². The molecule has 0 saturated carbocycles. The van der Waals surface area contributed by atoms with Crippen molar-refractivity contribution in [1.29, 1.82) is 0 Å². The number of hydrogen-bond acceptors (Lipinski definition) is 4. The average molecular weight is 507 g/mol. The van der Waals surface area contributed by atoms with E-state index in [1.807, 2.05) is 0 Å². The third kappa shape index (κ3) is 5.37. The second-order valence-corrected chi connectivity index (χ2v) is 8.24. The van der Waals surface area contributed by atoms with Gasteiger partial charge in [0.2, 0.25) is 0 Å². The summed E-state index contributed by atoms with van der Waals surface area (Å²) in [6.07, 6.45) is -11.4. The summed E-state index contributed by atoms with van der Waals surface area (Å²) in [6.45, 7) is -1.00. The van der Waals surface area contributed by atoms with Crippen molar-refractivity contribution in [2.24, 2.45) is 0 Å². The molecule has 5 nitrogen and oxygen atoms in total. The molecule has 2 aromatic carbocycles. The third-order valence-electron chi connectivity index (χ3n) is 6.02. The van der Waals surface area contributed by atoms with Crippen LogP contribution in [0.5, 0.6) is 5.75 Å². The van der Waals surface area contributed by atoms with E-state index < -0.39 is 60.1 Å². The largest absolute Gasteiger partial charge is 0.493 e. The summed E-state index contributed by atoms with van der Waals surface area (Å²) in [7, 11) is 0. The lowest BCUT2D eigenvalue weighted by atomic mass is 9.82. The molecule has 2 aromatic rings. The van der Waals surface area contributed by atoms with Gasteiger partial charge in [-0.25, -0.2) is 4.39 Å². The molecule has 0 aromatic heterocycles. The Morgan fingerprint density at radius 3 is 2.57 bits per heavy atom. The Kier molecular flexibility index (Phi) is 6.71. The van der Waals surface area contributed by atoms with Crippen molar-refractivity contribution in [1.82, 2.24) is 4.90 Å². The van der Waals surface area contributed by atoms with Crippen LogP contribution in [0.4, 0.5) is 30.7 Å². The number of ether oxygens (including phenoxy) is 3. The highest BCUT2D eigenvalue weighted by atomic mass is 19.4. The van der Waals surface area contributed by atoms with Crippen molar-refractivity contribution in [3.05, 3.63) is 65.0 Å². The standard InChI is InChI=1S/C23H20F7NO4/c24-16-3-1-2-15(11-16)21-6-8-31(12-19(21)34-13-35-21)20(32)14-4-5-18(17(10-14)23(28,29)30)33-9-7-22(25,26)27/h1-5,10-11,19H,6-9,12-13H2/t19?,21-/m0/s1. The van der Waals surface area contributed by atoms with Gasteiger partial charge in [0.25, 0.3) is 5.91 Å². The van der Waals surface area contributed by atoms with Gasteiger partial charge in [0, 0.05) is 18.5 Å². The van der Waals surface area contributed by atoms with Crippen molar-refractivity contribution in [3.63, 3.8) is 0 Å². The Morgan fingerprint density at radius 2 is 1.89 bits per heavy atom. The summed E-state index contributed by atoms with van der Waals surface area (Å²) >= 11 is 0. The fraction of sp³-hybridized carbons (Fsp3) is 0.435. The van der Waals surface area contributed by atoms with E-state index >= 15 is 0 Å². The first-order valence-electron chi connectivity index (χ1n) is 10.6. The molecule has 4 rings (SSSR count). The Morgan fingerprint density at radius 1 is 1.11 bits per heavy atom. The topological polar surface area (TPSA) is 48.0 Å². The van der Waals surface area contributed by atoms with E-state index in [1.54, 1.807) is 6.07 Å². The Labute approximate surface area is 195 Å². The van der Waals surface area contributed by atoms with Gasteiger partial charge in [-0.15, -0.1) is 0 Å². The number of piperidine rings is 1. The zero-order valence-corrected chi connectivity index (χ0v) is 18.1. The van der Waals surface area contributed by atoms with Gasteiger partial charge in [-0.3, -0.25) is 4.79 Å². The average Bonchev–Trinajstić information content (AvgIpc) is 3.22. The van der Waals surface area contributed by atoms with Crippen molar-refractivity contribution < 1.29 is 49.7 Å². The van der Waals surface area contributed by atoms with Crippen LogP contribution in [0, 0.1) is 5.82 Å². The van der Waals surface area contributed by atoms with Gasteiger partial charge in [0.1, 0.15) is 30.1 Å². The Hall–Kier alpha value is -2.86. The second-order valence-electron chi connectivity index (χ2n) is 8.24. The van der Waals surface area contributed by atoms with Crippen LogP contribution in [0.25, 0.3) is 0 Å². The van der Waals surface area contributed by atoms with Crippen molar-refractivity contribution in [3.8, 4) is 5.75 Å². The number of carbonyl (C=O) groups excluding carboxylic acids is 1. The highest BCUT2D eigenvalue weighted by molar-refractivity contribution is 5.94. The lowest BCUT2D eigenvalue weighted by molar-refractivity contribution is -0.143. The van der Waals surface area contributed by atoms with Crippen LogP contribution >= 0.6 is 0 Å². The fourth-order valence-electron chi connectivity index (χ4n) is 4.29. The molecule has 0 bridgehead atoms. The SMILES string of the molecule is O=C(c1ccc(OCCC(F)(F)F)c(C(F)(F)F)c1)N1CC[C@@]2(c3cccc(F)c3)OCOC2C1. The molecule has 2 aliphatic heterocycles. The van der Waals surface area contributed by atoms with Crippen LogP contribution in [0.1, 0.15) is 34.3 Å². The summed E-state index contributed by atoms with van der Waals surface area (Å²) in [4.78, 5) is 14.3. The monoisotopic (exact) mass is 507 g/mol. The highest BCUT2D eigenvalue weighted by Crippen LogP contribution is 2.43. The number of benzene rings is 2. The summed E-state index contributed by atoms with van der Waals surface area (Å²) in [5.74, 6) is -1.99. The molecule has 2 fully saturated rings. The molecule has 1 unspecified atom stereocenters. The minimum atomic E-state index is -4.96. The Bertz CT molecular complexity index is 1090. The van der Waals surface area contributed by atoms with Gasteiger partial charge in [-0.2, -0.15) is 26.3 Å². The number of amides is 1. The molecule has 35 heavy (non-hydrogen) atoms. The normalized spacial score (nSPS) is 22.7. The molecule has 2 aliphatic rings. The van der Waals surface area contributed by atoms with Gasteiger partial charge in [-0.05, 0) is 35.9 Å². The molecular formula is C23H20F7NO4. The number of likely N-dealkylation sites (tertiary alicyclic amines) is 1. The van der Waals surface area contributed by atoms with E-state index in [0.717, 1.165) is 12.1 Å². The van der Waals surface area contributed by atoms with Crippen LogP contribution in [-0.2, 0) is 21.3 Å². The van der Waals surface area contributed by atoms with Gasteiger partial charge < -0.3 is 19.1 Å². The molecule has 0 aliphatic carbocycles. The number of carbonyl (C=O) groups is 1. The molecule has 0 N–H and O–H groups in total. The predicted octanol–water partition coefficient (Wildman–Crippen LogP) is 5.29. The second kappa shape index (κ2) is 9.30. The maximum absolute atomic E-state index is 13.8.